The molecule has 1 aliphatic carbocycles. The number of nitrogens with zero attached hydrogens (tertiary/aromatic N) is 3. The number of amides is 1. The Morgan fingerprint density at radius 1 is 1.50 bits per heavy atom. The van der Waals surface area contributed by atoms with Crippen molar-refractivity contribution in [2.75, 3.05) is 0 Å². The number of hydrogen-bond acceptors (Lipinski definition) is 4. The first-order valence-corrected chi connectivity index (χ1v) is 6.52. The first-order chi connectivity index (χ1) is 8.65. The summed E-state index contributed by atoms with van der Waals surface area (Å²) < 4.78 is 1.71. The first-order valence-electron chi connectivity index (χ1n) is 6.52. The van der Waals surface area contributed by atoms with Crippen LogP contribution < -0.4 is 11.1 Å². The maximum absolute atomic E-state index is 11.9. The second-order valence-corrected chi connectivity index (χ2v) is 5.15. The lowest BCUT2D eigenvalue weighted by Crippen LogP contribution is -2.38. The molecule has 1 saturated carbocycles. The Bertz CT molecular complexity index is 387. The maximum Gasteiger partial charge on any atom is 0.220 e. The maximum atomic E-state index is 11.9. The number of nitrogens with one attached hydrogen (secondary N) is 1. The quantitative estimate of drug-likeness (QED) is 0.850. The molecule has 116 valence electrons. The number of rotatable bonds is 5. The van der Waals surface area contributed by atoms with Crippen LogP contribution in [-0.4, -0.2) is 32.8 Å². The normalized spacial score (nSPS) is 22.5. The van der Waals surface area contributed by atoms with E-state index in [4.69, 9.17) is 5.73 Å². The summed E-state index contributed by atoms with van der Waals surface area (Å²) in [5.74, 6) is 0.438. The minimum absolute atomic E-state index is 0. The van der Waals surface area contributed by atoms with Gasteiger partial charge in [0.15, 0.2) is 0 Å². The summed E-state index contributed by atoms with van der Waals surface area (Å²) >= 11 is 0. The highest BCUT2D eigenvalue weighted by atomic mass is 35.5. The van der Waals surface area contributed by atoms with Gasteiger partial charge in [0.25, 0.3) is 0 Å². The van der Waals surface area contributed by atoms with Crippen LogP contribution in [0.4, 0.5) is 0 Å². The molecule has 0 radical (unpaired) electrons. The third-order valence-electron chi connectivity index (χ3n) is 3.50. The van der Waals surface area contributed by atoms with Crippen molar-refractivity contribution in [1.82, 2.24) is 20.1 Å². The van der Waals surface area contributed by atoms with E-state index < -0.39 is 0 Å². The monoisotopic (exact) mass is 323 g/mol. The molecule has 1 aliphatic rings. The van der Waals surface area contributed by atoms with Gasteiger partial charge in [0.1, 0.15) is 12.7 Å². The Morgan fingerprint density at radius 3 is 2.80 bits per heavy atom. The Labute approximate surface area is 131 Å². The smallest absolute Gasteiger partial charge is 0.220 e. The van der Waals surface area contributed by atoms with Gasteiger partial charge in [-0.1, -0.05) is 6.42 Å². The van der Waals surface area contributed by atoms with Gasteiger partial charge in [-0.25, -0.2) is 4.98 Å². The summed E-state index contributed by atoms with van der Waals surface area (Å²) in [6, 6.07) is 0.248. The molecule has 1 aromatic rings. The first kappa shape index (κ1) is 19.1. The van der Waals surface area contributed by atoms with Gasteiger partial charge in [0.2, 0.25) is 5.91 Å². The molecule has 3 N–H and O–H groups in total. The van der Waals surface area contributed by atoms with E-state index in [9.17, 15) is 4.79 Å². The van der Waals surface area contributed by atoms with Crippen molar-refractivity contribution in [2.45, 2.75) is 51.2 Å². The molecular formula is C12H23Cl2N5O. The molecule has 1 heterocycles. The largest absolute Gasteiger partial charge is 0.352 e. The summed E-state index contributed by atoms with van der Waals surface area (Å²) in [5.41, 5.74) is 5.97. The Kier molecular flexibility index (Phi) is 8.76. The summed E-state index contributed by atoms with van der Waals surface area (Å²) in [6.45, 7) is 2.61. The minimum atomic E-state index is 0. The Balaban J connectivity index is 0.00000180. The van der Waals surface area contributed by atoms with Crippen molar-refractivity contribution in [2.24, 2.45) is 11.7 Å². The van der Waals surface area contributed by atoms with Gasteiger partial charge in [-0.05, 0) is 25.7 Å². The van der Waals surface area contributed by atoms with Crippen molar-refractivity contribution in [3.63, 3.8) is 0 Å². The summed E-state index contributed by atoms with van der Waals surface area (Å²) in [5, 5.41) is 7.00. The molecule has 0 spiro atoms. The molecule has 1 aromatic heterocycles. The van der Waals surface area contributed by atoms with E-state index in [-0.39, 0.29) is 42.8 Å². The molecule has 6 nitrogen and oxygen atoms in total. The van der Waals surface area contributed by atoms with Gasteiger partial charge in [0, 0.05) is 18.5 Å². The number of carbonyl (C=O) groups excluding carboxylic acids is 1. The van der Waals surface area contributed by atoms with Crippen LogP contribution in [0.15, 0.2) is 12.7 Å². The van der Waals surface area contributed by atoms with E-state index in [1.165, 1.54) is 6.33 Å². The molecule has 0 aromatic carbocycles. The van der Waals surface area contributed by atoms with Crippen molar-refractivity contribution >= 4 is 30.7 Å². The number of aromatic nitrogens is 3. The fourth-order valence-corrected chi connectivity index (χ4v) is 2.54. The van der Waals surface area contributed by atoms with Crippen molar-refractivity contribution in [3.8, 4) is 0 Å². The van der Waals surface area contributed by atoms with Crippen LogP contribution in [0.2, 0.25) is 0 Å². The molecule has 0 saturated heterocycles. The molecule has 1 amide bonds. The van der Waals surface area contributed by atoms with Crippen molar-refractivity contribution in [1.29, 1.82) is 0 Å². The number of hydrogen-bond donors (Lipinski definition) is 2. The van der Waals surface area contributed by atoms with E-state index in [1.54, 1.807) is 11.0 Å². The van der Waals surface area contributed by atoms with E-state index in [0.717, 1.165) is 19.3 Å². The molecule has 1 unspecified atom stereocenters. The minimum Gasteiger partial charge on any atom is -0.352 e. The lowest BCUT2D eigenvalue weighted by Gasteiger charge is -2.18. The Hall–Kier alpha value is -0.850. The zero-order chi connectivity index (χ0) is 13.0. The average molecular weight is 324 g/mol. The highest BCUT2D eigenvalue weighted by molar-refractivity contribution is 5.85. The van der Waals surface area contributed by atoms with Gasteiger partial charge in [0.05, 0.1) is 6.54 Å². The highest BCUT2D eigenvalue weighted by Gasteiger charge is 2.26. The molecule has 2 rings (SSSR count). The SMILES string of the molecule is CC(Cn1cncn1)NC(=O)C[C@@H]1CCC[C@H]1N.Cl.Cl. The molecule has 3 atom stereocenters. The van der Waals surface area contributed by atoms with E-state index >= 15 is 0 Å². The summed E-state index contributed by atoms with van der Waals surface area (Å²) in [7, 11) is 0. The van der Waals surface area contributed by atoms with Crippen LogP contribution in [0, 0.1) is 5.92 Å². The van der Waals surface area contributed by atoms with Crippen LogP contribution in [0.1, 0.15) is 32.6 Å². The van der Waals surface area contributed by atoms with Crippen molar-refractivity contribution < 1.29 is 4.79 Å². The van der Waals surface area contributed by atoms with Gasteiger partial charge in [-0.15, -0.1) is 24.8 Å². The zero-order valence-electron chi connectivity index (χ0n) is 11.6. The average Bonchev–Trinajstić information content (AvgIpc) is 2.91. The van der Waals surface area contributed by atoms with Gasteiger partial charge < -0.3 is 11.1 Å². The number of nitrogens with two attached hydrogens (primary N) is 1. The fourth-order valence-electron chi connectivity index (χ4n) is 2.54. The summed E-state index contributed by atoms with van der Waals surface area (Å²) in [4.78, 5) is 15.7. The fraction of sp³-hybridized carbons (Fsp3) is 0.750. The van der Waals surface area contributed by atoms with Gasteiger partial charge >= 0.3 is 0 Å². The van der Waals surface area contributed by atoms with Crippen LogP contribution in [-0.2, 0) is 11.3 Å². The predicted octanol–water partition coefficient (Wildman–Crippen LogP) is 1.14. The van der Waals surface area contributed by atoms with Gasteiger partial charge in [-0.3, -0.25) is 9.48 Å². The van der Waals surface area contributed by atoms with E-state index in [0.29, 0.717) is 18.9 Å². The van der Waals surface area contributed by atoms with Crippen LogP contribution in [0.3, 0.4) is 0 Å². The molecular weight excluding hydrogens is 301 g/mol. The number of carbonyl (C=O) groups is 1. The van der Waals surface area contributed by atoms with E-state index in [2.05, 4.69) is 15.4 Å². The molecule has 20 heavy (non-hydrogen) atoms. The molecule has 1 fully saturated rings. The summed E-state index contributed by atoms with van der Waals surface area (Å²) in [6.07, 6.45) is 6.95. The lowest BCUT2D eigenvalue weighted by molar-refractivity contribution is -0.122. The topological polar surface area (TPSA) is 85.8 Å². The zero-order valence-corrected chi connectivity index (χ0v) is 13.2. The van der Waals surface area contributed by atoms with Gasteiger partial charge in [-0.2, -0.15) is 5.10 Å². The highest BCUT2D eigenvalue weighted by Crippen LogP contribution is 2.26. The van der Waals surface area contributed by atoms with E-state index in [1.807, 2.05) is 6.92 Å². The van der Waals surface area contributed by atoms with Crippen LogP contribution in [0.25, 0.3) is 0 Å². The Morgan fingerprint density at radius 2 is 2.25 bits per heavy atom. The number of halogens is 2. The van der Waals surface area contributed by atoms with Crippen molar-refractivity contribution in [3.05, 3.63) is 12.7 Å². The van der Waals surface area contributed by atoms with Crippen LogP contribution in [0.5, 0.6) is 0 Å². The third-order valence-corrected chi connectivity index (χ3v) is 3.50. The molecule has 0 bridgehead atoms. The molecule has 8 heteroatoms. The standard InChI is InChI=1S/C12H21N5O.2ClH/c1-9(6-17-8-14-7-15-17)16-12(18)5-10-3-2-4-11(10)13;;/h7-11H,2-6,13H2,1H3,(H,16,18);2*1H/t9?,10-,11+;;/m0../s1. The third kappa shape index (κ3) is 5.64. The molecule has 0 aliphatic heterocycles. The lowest BCUT2D eigenvalue weighted by atomic mass is 10.00. The van der Waals surface area contributed by atoms with Crippen LogP contribution >= 0.6 is 24.8 Å². The second-order valence-electron chi connectivity index (χ2n) is 5.15. The predicted molar refractivity (Wildman–Crippen MR) is 82.1 cm³/mol. The second kappa shape index (κ2) is 9.15.